The van der Waals surface area contributed by atoms with E-state index in [-0.39, 0.29) is 36.6 Å². The average Bonchev–Trinajstić information content (AvgIpc) is 3.80. The fourth-order valence-electron chi connectivity index (χ4n) is 7.58. The number of aromatic nitrogens is 3. The smallest absolute Gasteiger partial charge is 0.321 e. The molecule has 0 unspecified atom stereocenters. The summed E-state index contributed by atoms with van der Waals surface area (Å²) in [7, 11) is 1.31. The number of rotatable bonds is 8. The van der Waals surface area contributed by atoms with Gasteiger partial charge in [0.1, 0.15) is 12.5 Å². The second kappa shape index (κ2) is 12.9. The molecule has 0 radical (unpaired) electrons. The van der Waals surface area contributed by atoms with Crippen LogP contribution in [0.15, 0.2) is 30.1 Å². The van der Waals surface area contributed by atoms with Gasteiger partial charge in [-0.15, -0.1) is 0 Å². The number of hydrogen-bond donors (Lipinski definition) is 4. The Labute approximate surface area is 280 Å². The van der Waals surface area contributed by atoms with Gasteiger partial charge < -0.3 is 29.7 Å². The van der Waals surface area contributed by atoms with Crippen LogP contribution in [0.25, 0.3) is 29.9 Å². The van der Waals surface area contributed by atoms with Gasteiger partial charge in [-0.1, -0.05) is 38.7 Å². The van der Waals surface area contributed by atoms with Crippen LogP contribution in [0, 0.1) is 38.5 Å². The minimum atomic E-state index is -1.13. The van der Waals surface area contributed by atoms with Crippen molar-refractivity contribution in [3.8, 4) is 0 Å². The number of ketones is 1. The minimum Gasteiger partial charge on any atom is -0.468 e. The second-order valence-corrected chi connectivity index (χ2v) is 12.9. The molecular weight excluding hydrogens is 604 g/mol. The van der Waals surface area contributed by atoms with Crippen LogP contribution in [0.4, 0.5) is 0 Å². The number of methoxy groups -OCH3 is 1. The number of ether oxygens (including phenoxy) is 2. The molecule has 3 aromatic rings. The van der Waals surface area contributed by atoms with Gasteiger partial charge in [0, 0.05) is 74.1 Å². The highest BCUT2D eigenvalue weighted by atomic mass is 16.5. The van der Waals surface area contributed by atoms with E-state index in [0.717, 1.165) is 67.8 Å². The number of esters is 2. The first-order chi connectivity index (χ1) is 23.0. The number of allylic oxidation sites excluding steroid dienone is 3. The molecule has 8 bridgehead atoms. The molecule has 1 saturated heterocycles. The van der Waals surface area contributed by atoms with Gasteiger partial charge in [0.05, 0.1) is 12.8 Å². The van der Waals surface area contributed by atoms with Crippen molar-refractivity contribution in [1.29, 1.82) is 0 Å². The third-order valence-electron chi connectivity index (χ3n) is 10.3. The molecule has 1 fully saturated rings. The lowest BCUT2D eigenvalue weighted by Gasteiger charge is -2.19. The van der Waals surface area contributed by atoms with Crippen LogP contribution < -0.4 is 16.0 Å². The number of hydrogen-bond acceptors (Lipinski definition) is 6. The van der Waals surface area contributed by atoms with E-state index in [1.54, 1.807) is 6.08 Å². The molecule has 5 heterocycles. The van der Waals surface area contributed by atoms with Crippen molar-refractivity contribution >= 4 is 47.6 Å². The van der Waals surface area contributed by atoms with Crippen LogP contribution in [-0.2, 0) is 25.5 Å². The summed E-state index contributed by atoms with van der Waals surface area (Å²) in [5.74, 6) is -2.63. The van der Waals surface area contributed by atoms with Crippen LogP contribution in [0.1, 0.15) is 94.6 Å². The highest BCUT2D eigenvalue weighted by molar-refractivity contribution is 6.24. The molecule has 0 amide bonds. The van der Waals surface area contributed by atoms with E-state index in [9.17, 15) is 14.4 Å². The lowest BCUT2D eigenvalue weighted by Crippen LogP contribution is -2.25. The van der Waals surface area contributed by atoms with Crippen molar-refractivity contribution in [3.63, 3.8) is 0 Å². The normalized spacial score (nSPS) is 23.6. The predicted molar refractivity (Wildman–Crippen MR) is 188 cm³/mol. The number of aromatic amines is 3. The molecule has 0 spiro atoms. The van der Waals surface area contributed by atoms with Gasteiger partial charge in [0.25, 0.3) is 0 Å². The molecule has 6 rings (SSSR count). The quantitative estimate of drug-likeness (QED) is 0.150. The Morgan fingerprint density at radius 2 is 1.71 bits per heavy atom. The molecule has 0 saturated carbocycles. The number of Topliss-reactive ketones (excluding diaryl/α,β-unsaturated/α-hetero) is 1. The van der Waals surface area contributed by atoms with Gasteiger partial charge in [-0.05, 0) is 81.0 Å². The molecule has 1 aliphatic carbocycles. The average molecular weight is 649 g/mol. The molecule has 9 heteroatoms. The first kappa shape index (κ1) is 32.9. The Hall–Kier alpha value is -5.05. The summed E-state index contributed by atoms with van der Waals surface area (Å²) >= 11 is 0. The van der Waals surface area contributed by atoms with Gasteiger partial charge in [-0.2, -0.15) is 0 Å². The van der Waals surface area contributed by atoms with Gasteiger partial charge >= 0.3 is 11.9 Å². The highest BCUT2D eigenvalue weighted by Gasteiger charge is 2.48. The molecule has 48 heavy (non-hydrogen) atoms. The molecule has 3 aliphatic rings. The Bertz CT molecular complexity index is 2080. The van der Waals surface area contributed by atoms with Gasteiger partial charge in [-0.3, -0.25) is 14.4 Å². The Kier molecular flexibility index (Phi) is 8.81. The first-order valence-electron chi connectivity index (χ1n) is 16.6. The number of carbonyl (C=O) groups excluding carboxylic acids is 3. The van der Waals surface area contributed by atoms with E-state index < -0.39 is 11.9 Å². The van der Waals surface area contributed by atoms with E-state index in [1.807, 2.05) is 26.0 Å². The van der Waals surface area contributed by atoms with Crippen molar-refractivity contribution in [2.45, 2.75) is 60.8 Å². The maximum Gasteiger partial charge on any atom is 0.321 e. The van der Waals surface area contributed by atoms with Crippen molar-refractivity contribution in [2.75, 3.05) is 13.7 Å². The molecule has 3 aromatic heterocycles. The Morgan fingerprint density at radius 1 is 0.979 bits per heavy atom. The summed E-state index contributed by atoms with van der Waals surface area (Å²) in [6.07, 6.45) is 13.2. The van der Waals surface area contributed by atoms with Crippen molar-refractivity contribution in [3.05, 3.63) is 97.0 Å². The summed E-state index contributed by atoms with van der Waals surface area (Å²) in [6.45, 7) is 16.5. The Morgan fingerprint density at radius 3 is 2.40 bits per heavy atom. The molecule has 250 valence electrons. The highest BCUT2D eigenvalue weighted by Crippen LogP contribution is 2.48. The van der Waals surface area contributed by atoms with E-state index >= 15 is 0 Å². The number of nitrogens with one attached hydrogen (secondary N) is 4. The first-order valence-corrected chi connectivity index (χ1v) is 16.6. The zero-order valence-corrected chi connectivity index (χ0v) is 28.8. The van der Waals surface area contributed by atoms with E-state index in [0.29, 0.717) is 23.3 Å². The van der Waals surface area contributed by atoms with E-state index in [4.69, 9.17) is 9.47 Å². The molecule has 3 atom stereocenters. The molecule has 9 nitrogen and oxygen atoms in total. The maximum atomic E-state index is 14.2. The minimum absolute atomic E-state index is 0.0757. The monoisotopic (exact) mass is 648 g/mol. The zero-order valence-electron chi connectivity index (χ0n) is 28.8. The summed E-state index contributed by atoms with van der Waals surface area (Å²) in [6, 6.07) is 0. The summed E-state index contributed by atoms with van der Waals surface area (Å²) in [5.41, 5.74) is 11.2. The van der Waals surface area contributed by atoms with Gasteiger partial charge in [0.2, 0.25) is 0 Å². The fourth-order valence-corrected chi connectivity index (χ4v) is 7.58. The third kappa shape index (κ3) is 5.31. The van der Waals surface area contributed by atoms with E-state index in [1.165, 1.54) is 12.7 Å². The number of carbonyl (C=O) groups is 3. The maximum absolute atomic E-state index is 14.2. The lowest BCUT2D eigenvalue weighted by molar-refractivity contribution is -0.143. The van der Waals surface area contributed by atoms with Gasteiger partial charge in [0.15, 0.2) is 5.78 Å². The zero-order chi connectivity index (χ0) is 34.4. The summed E-state index contributed by atoms with van der Waals surface area (Å²) < 4.78 is 10.6. The molecule has 0 aromatic carbocycles. The number of fused-ring (bicyclic) bond motifs is 7. The van der Waals surface area contributed by atoms with Crippen LogP contribution >= 0.6 is 0 Å². The third-order valence-corrected chi connectivity index (χ3v) is 10.3. The van der Waals surface area contributed by atoms with Gasteiger partial charge in [-0.25, -0.2) is 0 Å². The standard InChI is InChI=1S/C39H44N4O5/c1-9-12-15-48-32(44)14-13-25-21(6)28-16-26-19(4)23(10-2)30(40-26)17-27-20(5)24(11-3)31(41-27)18-29-22(7)33-37(43-29)34(36(25)42-28)35(38(33)45)39(46)47-8/h9-10,12,16-18,21,25,35,40-43H,2,11,13-15H2,1,3-8H3/b12-9+,27-17-,28-16-,31-18-,36-34-/t21-,25-,35+/m0/s1. The lowest BCUT2D eigenvalue weighted by atomic mass is 9.85. The van der Waals surface area contributed by atoms with Crippen molar-refractivity contribution in [1.82, 2.24) is 20.3 Å². The number of H-pyrrole nitrogens is 3. The van der Waals surface area contributed by atoms with E-state index in [2.05, 4.69) is 72.8 Å². The molecule has 2 aliphatic heterocycles. The Balaban J connectivity index is 1.64. The SMILES string of the molecule is C=Cc1c2[nH]c(c1C)/C=C1\N/C(=C3\c4[nH]c(c(C)c4C(=O)[C@@H]3C(=O)OC)/C=c3\[nH]/c(c(C)c3CC)=C\2)[C@@H](CCC(=O)OC/C=C/C)[C@@H]1C. The summed E-state index contributed by atoms with van der Waals surface area (Å²) in [5, 5.41) is 5.59. The summed E-state index contributed by atoms with van der Waals surface area (Å²) in [4.78, 5) is 51.2. The van der Waals surface area contributed by atoms with Crippen molar-refractivity contribution < 1.29 is 23.9 Å². The van der Waals surface area contributed by atoms with Crippen molar-refractivity contribution in [2.24, 2.45) is 17.8 Å². The van der Waals surface area contributed by atoms with Crippen LogP contribution in [0.5, 0.6) is 0 Å². The predicted octanol–water partition coefficient (Wildman–Crippen LogP) is 5.27. The topological polar surface area (TPSA) is 129 Å². The fraction of sp³-hybridized carbons (Fsp3) is 0.359. The molecule has 4 N–H and O–H groups in total. The largest absolute Gasteiger partial charge is 0.468 e. The van der Waals surface area contributed by atoms with Crippen LogP contribution in [-0.4, -0.2) is 46.4 Å². The molecular formula is C39H44N4O5. The van der Waals surface area contributed by atoms with Crippen LogP contribution in [0.2, 0.25) is 0 Å². The second-order valence-electron chi connectivity index (χ2n) is 12.9. The van der Waals surface area contributed by atoms with Crippen LogP contribution in [0.3, 0.4) is 0 Å².